The molecule has 1 saturated heterocycles. The van der Waals surface area contributed by atoms with E-state index in [0.717, 1.165) is 17.7 Å². The lowest BCUT2D eigenvalue weighted by Crippen LogP contribution is -2.56. The second-order valence-corrected chi connectivity index (χ2v) is 5.08. The summed E-state index contributed by atoms with van der Waals surface area (Å²) in [6.45, 7) is -0.383. The summed E-state index contributed by atoms with van der Waals surface area (Å²) in [7, 11) is 1.37. The summed E-state index contributed by atoms with van der Waals surface area (Å²) in [4.78, 5) is 48.2. The highest BCUT2D eigenvalue weighted by Gasteiger charge is 2.37. The third-order valence-electron chi connectivity index (χ3n) is 3.50. The summed E-state index contributed by atoms with van der Waals surface area (Å²) in [5.74, 6) is -1.82. The Kier molecular flexibility index (Phi) is 3.91. The van der Waals surface area contributed by atoms with E-state index in [1.54, 1.807) is 0 Å². The molecule has 0 bridgehead atoms. The molecule has 2 N–H and O–H groups in total. The van der Waals surface area contributed by atoms with E-state index in [4.69, 9.17) is 5.11 Å². The number of carbonyl (C=O) groups is 4. The van der Waals surface area contributed by atoms with E-state index in [1.165, 1.54) is 11.9 Å². The van der Waals surface area contributed by atoms with Crippen molar-refractivity contribution in [2.24, 2.45) is 0 Å². The number of nitrogens with one attached hydrogen (secondary N) is 1. The van der Waals surface area contributed by atoms with Crippen molar-refractivity contribution in [3.05, 3.63) is 0 Å². The zero-order chi connectivity index (χ0) is 14.9. The Morgan fingerprint density at radius 2 is 2.00 bits per heavy atom. The summed E-state index contributed by atoms with van der Waals surface area (Å²) in [6, 6.07) is -1.39. The molecule has 1 heterocycles. The molecule has 1 aliphatic heterocycles. The molecular formula is C12H17N3O5. The summed E-state index contributed by atoms with van der Waals surface area (Å²) in [5.41, 5.74) is 0. The van der Waals surface area contributed by atoms with Crippen molar-refractivity contribution in [3.8, 4) is 0 Å². The van der Waals surface area contributed by atoms with Gasteiger partial charge in [-0.3, -0.25) is 19.3 Å². The molecule has 1 atom stereocenters. The van der Waals surface area contributed by atoms with E-state index in [0.29, 0.717) is 0 Å². The maximum Gasteiger partial charge on any atom is 0.323 e. The van der Waals surface area contributed by atoms with Gasteiger partial charge in [0.25, 0.3) is 5.91 Å². The minimum Gasteiger partial charge on any atom is -0.480 e. The van der Waals surface area contributed by atoms with E-state index in [9.17, 15) is 19.2 Å². The van der Waals surface area contributed by atoms with Gasteiger partial charge in [0, 0.05) is 19.5 Å². The minimum absolute atomic E-state index is 0.0656. The molecule has 1 aliphatic carbocycles. The fourth-order valence-electron chi connectivity index (χ4n) is 2.18. The number of carboxylic acids is 1. The molecule has 0 spiro atoms. The van der Waals surface area contributed by atoms with Crippen molar-refractivity contribution < 1.29 is 24.3 Å². The van der Waals surface area contributed by atoms with Gasteiger partial charge in [-0.1, -0.05) is 0 Å². The average Bonchev–Trinajstić information content (AvgIpc) is 3.20. The standard InChI is InChI=1S/C12H17N3O5/c1-14-9(16)5-4-8(11(14)19)13-12(20)15(6-10(17)18)7-2-3-7/h7-8H,2-6H2,1H3,(H,13,20)(H,17,18). The van der Waals surface area contributed by atoms with Gasteiger partial charge < -0.3 is 15.3 Å². The lowest BCUT2D eigenvalue weighted by molar-refractivity contribution is -0.147. The van der Waals surface area contributed by atoms with Crippen LogP contribution in [0.15, 0.2) is 0 Å². The number of rotatable bonds is 4. The maximum absolute atomic E-state index is 12.1. The lowest BCUT2D eigenvalue weighted by Gasteiger charge is -2.30. The van der Waals surface area contributed by atoms with Gasteiger partial charge in [-0.2, -0.15) is 0 Å². The summed E-state index contributed by atoms with van der Waals surface area (Å²) >= 11 is 0. The first kappa shape index (κ1) is 14.3. The molecule has 1 saturated carbocycles. The molecule has 4 amide bonds. The summed E-state index contributed by atoms with van der Waals surface area (Å²) in [6.07, 6.45) is 1.99. The third-order valence-corrected chi connectivity index (χ3v) is 3.50. The smallest absolute Gasteiger partial charge is 0.323 e. The fraction of sp³-hybridized carbons (Fsp3) is 0.667. The molecule has 1 unspecified atom stereocenters. The molecule has 8 heteroatoms. The van der Waals surface area contributed by atoms with Gasteiger partial charge in [0.1, 0.15) is 12.6 Å². The molecule has 0 aromatic heterocycles. The van der Waals surface area contributed by atoms with Crippen LogP contribution in [0.3, 0.4) is 0 Å². The second-order valence-electron chi connectivity index (χ2n) is 5.08. The highest BCUT2D eigenvalue weighted by Crippen LogP contribution is 2.26. The number of amides is 4. The molecule has 2 aliphatic rings. The molecule has 0 radical (unpaired) electrons. The Bertz CT molecular complexity index is 460. The van der Waals surface area contributed by atoms with E-state index in [1.807, 2.05) is 0 Å². The number of carboxylic acid groups (broad SMARTS) is 1. The normalized spacial score (nSPS) is 22.6. The van der Waals surface area contributed by atoms with Crippen LogP contribution >= 0.6 is 0 Å². The van der Waals surface area contributed by atoms with Crippen LogP contribution in [0.1, 0.15) is 25.7 Å². The van der Waals surface area contributed by atoms with E-state index >= 15 is 0 Å². The molecule has 2 fully saturated rings. The first-order chi connectivity index (χ1) is 9.40. The van der Waals surface area contributed by atoms with Gasteiger partial charge in [0.2, 0.25) is 5.91 Å². The number of hydrogen-bond donors (Lipinski definition) is 2. The predicted octanol–water partition coefficient (Wildman–Crippen LogP) is -0.608. The Morgan fingerprint density at radius 3 is 2.55 bits per heavy atom. The first-order valence-electron chi connectivity index (χ1n) is 6.49. The van der Waals surface area contributed by atoms with Crippen molar-refractivity contribution in [2.45, 2.75) is 37.8 Å². The van der Waals surface area contributed by atoms with Crippen LogP contribution in [-0.4, -0.2) is 64.4 Å². The number of piperidine rings is 1. The number of carbonyl (C=O) groups excluding carboxylic acids is 3. The van der Waals surface area contributed by atoms with Crippen LogP contribution in [0.25, 0.3) is 0 Å². The van der Waals surface area contributed by atoms with E-state index < -0.39 is 23.9 Å². The Morgan fingerprint density at radius 1 is 1.35 bits per heavy atom. The van der Waals surface area contributed by atoms with Gasteiger partial charge in [-0.05, 0) is 19.3 Å². The van der Waals surface area contributed by atoms with Gasteiger partial charge in [-0.15, -0.1) is 0 Å². The van der Waals surface area contributed by atoms with Crippen molar-refractivity contribution in [2.75, 3.05) is 13.6 Å². The number of aliphatic carboxylic acids is 1. The zero-order valence-electron chi connectivity index (χ0n) is 11.2. The monoisotopic (exact) mass is 283 g/mol. The van der Waals surface area contributed by atoms with Crippen LogP contribution in [-0.2, 0) is 14.4 Å². The fourth-order valence-corrected chi connectivity index (χ4v) is 2.18. The van der Waals surface area contributed by atoms with Crippen LogP contribution in [0.5, 0.6) is 0 Å². The number of hydrogen-bond acceptors (Lipinski definition) is 4. The topological polar surface area (TPSA) is 107 Å². The molecular weight excluding hydrogens is 266 g/mol. The Hall–Kier alpha value is -2.12. The summed E-state index contributed by atoms with van der Waals surface area (Å²) in [5, 5.41) is 11.3. The first-order valence-corrected chi connectivity index (χ1v) is 6.49. The number of likely N-dealkylation sites (N-methyl/N-ethyl adjacent to an activating group) is 1. The predicted molar refractivity (Wildman–Crippen MR) is 66.7 cm³/mol. The second kappa shape index (κ2) is 5.48. The highest BCUT2D eigenvalue weighted by atomic mass is 16.4. The van der Waals surface area contributed by atoms with Gasteiger partial charge in [0.15, 0.2) is 0 Å². The van der Waals surface area contributed by atoms with Gasteiger partial charge in [0.05, 0.1) is 0 Å². The Labute approximate surface area is 115 Å². The van der Waals surface area contributed by atoms with Crippen molar-refractivity contribution >= 4 is 23.8 Å². The van der Waals surface area contributed by atoms with E-state index in [-0.39, 0.29) is 31.3 Å². The van der Waals surface area contributed by atoms with Gasteiger partial charge in [-0.25, -0.2) is 4.79 Å². The van der Waals surface area contributed by atoms with Crippen molar-refractivity contribution in [3.63, 3.8) is 0 Å². The number of imide groups is 1. The van der Waals surface area contributed by atoms with E-state index in [2.05, 4.69) is 5.32 Å². The SMILES string of the molecule is CN1C(=O)CCC(NC(=O)N(CC(=O)O)C2CC2)C1=O. The van der Waals surface area contributed by atoms with Gasteiger partial charge >= 0.3 is 12.0 Å². The highest BCUT2D eigenvalue weighted by molar-refractivity contribution is 6.01. The van der Waals surface area contributed by atoms with Crippen LogP contribution in [0, 0.1) is 0 Å². The molecule has 110 valence electrons. The number of likely N-dealkylation sites (tertiary alicyclic amines) is 1. The van der Waals surface area contributed by atoms with Crippen LogP contribution in [0.4, 0.5) is 4.79 Å². The molecule has 8 nitrogen and oxygen atoms in total. The zero-order valence-corrected chi connectivity index (χ0v) is 11.2. The third kappa shape index (κ3) is 3.06. The lowest BCUT2D eigenvalue weighted by atomic mass is 10.1. The number of urea groups is 1. The number of nitrogens with zero attached hydrogens (tertiary/aromatic N) is 2. The molecule has 0 aromatic rings. The van der Waals surface area contributed by atoms with Crippen molar-refractivity contribution in [1.82, 2.24) is 15.1 Å². The molecule has 20 heavy (non-hydrogen) atoms. The quantitative estimate of drug-likeness (QED) is 0.669. The summed E-state index contributed by atoms with van der Waals surface area (Å²) < 4.78 is 0. The van der Waals surface area contributed by atoms with Crippen LogP contribution < -0.4 is 5.32 Å². The average molecular weight is 283 g/mol. The van der Waals surface area contributed by atoms with Crippen LogP contribution in [0.2, 0.25) is 0 Å². The molecule has 0 aromatic carbocycles. The minimum atomic E-state index is -1.09. The van der Waals surface area contributed by atoms with Crippen molar-refractivity contribution in [1.29, 1.82) is 0 Å². The maximum atomic E-state index is 12.1. The largest absolute Gasteiger partial charge is 0.480 e. The molecule has 2 rings (SSSR count). The Balaban J connectivity index is 1.97.